The minimum Gasteiger partial charge on any atom is -0.481 e. The van der Waals surface area contributed by atoms with Gasteiger partial charge in [0.25, 0.3) is 0 Å². The number of rotatable bonds is 10. The van der Waals surface area contributed by atoms with Gasteiger partial charge in [0, 0.05) is 19.6 Å². The molecular formula is C13H27N3O4. The summed E-state index contributed by atoms with van der Waals surface area (Å²) >= 11 is 0. The molecule has 0 fully saturated rings. The highest BCUT2D eigenvalue weighted by molar-refractivity contribution is 5.75. The van der Waals surface area contributed by atoms with E-state index in [-0.39, 0.29) is 18.5 Å². The van der Waals surface area contributed by atoms with Crippen LogP contribution in [0.15, 0.2) is 0 Å². The van der Waals surface area contributed by atoms with Crippen LogP contribution in [0.5, 0.6) is 0 Å². The van der Waals surface area contributed by atoms with Crippen molar-refractivity contribution in [2.45, 2.75) is 13.8 Å². The molecule has 7 nitrogen and oxygen atoms in total. The van der Waals surface area contributed by atoms with Crippen LogP contribution in [0.2, 0.25) is 0 Å². The minimum atomic E-state index is -0.896. The average Bonchev–Trinajstić information content (AvgIpc) is 2.32. The molecule has 2 amide bonds. The van der Waals surface area contributed by atoms with Crippen LogP contribution in [0.4, 0.5) is 4.79 Å². The van der Waals surface area contributed by atoms with E-state index in [1.807, 2.05) is 32.8 Å². The Hall–Kier alpha value is -1.34. The van der Waals surface area contributed by atoms with E-state index in [4.69, 9.17) is 9.84 Å². The summed E-state index contributed by atoms with van der Waals surface area (Å²) in [7, 11) is 3.92. The monoisotopic (exact) mass is 289 g/mol. The minimum absolute atomic E-state index is 0.0258. The van der Waals surface area contributed by atoms with E-state index >= 15 is 0 Å². The lowest BCUT2D eigenvalue weighted by atomic mass is 9.96. The Labute approximate surface area is 120 Å². The molecule has 1 unspecified atom stereocenters. The molecule has 118 valence electrons. The van der Waals surface area contributed by atoms with Crippen molar-refractivity contribution in [2.75, 3.05) is 46.9 Å². The Morgan fingerprint density at radius 1 is 1.20 bits per heavy atom. The number of hydrogen-bond acceptors (Lipinski definition) is 4. The van der Waals surface area contributed by atoms with E-state index in [0.717, 1.165) is 6.54 Å². The van der Waals surface area contributed by atoms with Crippen molar-refractivity contribution in [3.8, 4) is 0 Å². The molecule has 0 aliphatic rings. The van der Waals surface area contributed by atoms with Crippen molar-refractivity contribution in [3.05, 3.63) is 0 Å². The topological polar surface area (TPSA) is 90.9 Å². The number of nitrogens with one attached hydrogen (secondary N) is 2. The predicted molar refractivity (Wildman–Crippen MR) is 76.7 cm³/mol. The molecule has 0 bridgehead atoms. The van der Waals surface area contributed by atoms with E-state index in [9.17, 15) is 9.59 Å². The maximum Gasteiger partial charge on any atom is 0.314 e. The first-order chi connectivity index (χ1) is 9.34. The largest absolute Gasteiger partial charge is 0.481 e. The normalized spacial score (nSPS) is 12.5. The lowest BCUT2D eigenvalue weighted by molar-refractivity contribution is -0.142. The van der Waals surface area contributed by atoms with E-state index in [2.05, 4.69) is 10.6 Å². The summed E-state index contributed by atoms with van der Waals surface area (Å²) in [5.41, 5.74) is 0. The van der Waals surface area contributed by atoms with Crippen molar-refractivity contribution in [2.24, 2.45) is 11.8 Å². The zero-order valence-corrected chi connectivity index (χ0v) is 12.8. The third kappa shape index (κ3) is 9.57. The number of carbonyl (C=O) groups excluding carboxylic acids is 1. The number of likely N-dealkylation sites (N-methyl/N-ethyl adjacent to an activating group) is 1. The van der Waals surface area contributed by atoms with E-state index in [0.29, 0.717) is 19.8 Å². The van der Waals surface area contributed by atoms with Gasteiger partial charge in [-0.1, -0.05) is 13.8 Å². The molecule has 0 radical (unpaired) electrons. The second kappa shape index (κ2) is 10.4. The number of aliphatic carboxylic acids is 1. The summed E-state index contributed by atoms with van der Waals surface area (Å²) in [4.78, 5) is 24.4. The zero-order chi connectivity index (χ0) is 15.5. The highest BCUT2D eigenvalue weighted by Gasteiger charge is 2.21. The van der Waals surface area contributed by atoms with Gasteiger partial charge in [0.2, 0.25) is 0 Å². The Bertz CT molecular complexity index is 295. The molecular weight excluding hydrogens is 262 g/mol. The second-order valence-electron chi connectivity index (χ2n) is 5.24. The first-order valence-corrected chi connectivity index (χ1v) is 6.81. The highest BCUT2D eigenvalue weighted by atomic mass is 16.5. The quantitative estimate of drug-likeness (QED) is 0.501. The number of ether oxygens (including phenoxy) is 1. The van der Waals surface area contributed by atoms with Crippen molar-refractivity contribution in [1.29, 1.82) is 0 Å². The number of carboxylic acid groups (broad SMARTS) is 1. The van der Waals surface area contributed by atoms with Crippen molar-refractivity contribution in [1.82, 2.24) is 15.5 Å². The lowest BCUT2D eigenvalue weighted by Crippen LogP contribution is -2.42. The Morgan fingerprint density at radius 3 is 2.35 bits per heavy atom. The van der Waals surface area contributed by atoms with Gasteiger partial charge in [0.1, 0.15) is 0 Å². The summed E-state index contributed by atoms with van der Waals surface area (Å²) in [6, 6.07) is -0.367. The van der Waals surface area contributed by atoms with Gasteiger partial charge < -0.3 is 25.4 Å². The molecule has 1 atom stereocenters. The SMILES string of the molecule is CC(C)C(CNC(=O)NCCOCCN(C)C)C(=O)O. The number of carbonyl (C=O) groups is 2. The maximum atomic E-state index is 11.5. The Kier molecular flexibility index (Phi) is 9.75. The van der Waals surface area contributed by atoms with Crippen LogP contribution < -0.4 is 10.6 Å². The molecule has 0 spiro atoms. The molecule has 3 N–H and O–H groups in total. The molecule has 0 aliphatic heterocycles. The van der Waals surface area contributed by atoms with Gasteiger partial charge >= 0.3 is 12.0 Å². The van der Waals surface area contributed by atoms with Crippen LogP contribution in [0.3, 0.4) is 0 Å². The standard InChI is InChI=1S/C13H27N3O4/c1-10(2)11(12(17)18)9-15-13(19)14-5-7-20-8-6-16(3)4/h10-11H,5-9H2,1-4H3,(H,17,18)(H2,14,15,19). The molecule has 0 aromatic rings. The number of nitrogens with zero attached hydrogens (tertiary/aromatic N) is 1. The first kappa shape index (κ1) is 18.7. The fraction of sp³-hybridized carbons (Fsp3) is 0.846. The van der Waals surface area contributed by atoms with Gasteiger partial charge in [-0.15, -0.1) is 0 Å². The molecule has 0 saturated carbocycles. The van der Waals surface area contributed by atoms with Crippen molar-refractivity contribution >= 4 is 12.0 Å². The van der Waals surface area contributed by atoms with Crippen LogP contribution in [-0.2, 0) is 9.53 Å². The number of amides is 2. The number of urea groups is 1. The molecule has 20 heavy (non-hydrogen) atoms. The Balaban J connectivity index is 3.66. The predicted octanol–water partition coefficient (Wildman–Crippen LogP) is 0.221. The molecule has 0 saturated heterocycles. The summed E-state index contributed by atoms with van der Waals surface area (Å²) in [5.74, 6) is -1.49. The first-order valence-electron chi connectivity index (χ1n) is 6.81. The van der Waals surface area contributed by atoms with Crippen LogP contribution in [0.1, 0.15) is 13.8 Å². The second-order valence-corrected chi connectivity index (χ2v) is 5.24. The van der Waals surface area contributed by atoms with Gasteiger partial charge in [-0.3, -0.25) is 4.79 Å². The lowest BCUT2D eigenvalue weighted by Gasteiger charge is -2.17. The third-order valence-corrected chi connectivity index (χ3v) is 2.82. The zero-order valence-electron chi connectivity index (χ0n) is 12.8. The van der Waals surface area contributed by atoms with Gasteiger partial charge in [0.05, 0.1) is 19.1 Å². The van der Waals surface area contributed by atoms with Crippen molar-refractivity contribution in [3.63, 3.8) is 0 Å². The van der Waals surface area contributed by atoms with E-state index < -0.39 is 11.9 Å². The molecule has 0 rings (SSSR count). The van der Waals surface area contributed by atoms with Gasteiger partial charge in [-0.05, 0) is 20.0 Å². The van der Waals surface area contributed by atoms with E-state index in [1.165, 1.54) is 0 Å². The van der Waals surface area contributed by atoms with Crippen LogP contribution in [-0.4, -0.2) is 69.0 Å². The Morgan fingerprint density at radius 2 is 1.85 bits per heavy atom. The molecule has 0 aromatic heterocycles. The molecule has 0 heterocycles. The van der Waals surface area contributed by atoms with Crippen molar-refractivity contribution < 1.29 is 19.4 Å². The van der Waals surface area contributed by atoms with Crippen LogP contribution in [0.25, 0.3) is 0 Å². The third-order valence-electron chi connectivity index (χ3n) is 2.82. The summed E-state index contributed by atoms with van der Waals surface area (Å²) in [6.07, 6.45) is 0. The summed E-state index contributed by atoms with van der Waals surface area (Å²) < 4.78 is 5.32. The molecule has 7 heteroatoms. The number of hydrogen-bond donors (Lipinski definition) is 3. The summed E-state index contributed by atoms with van der Waals surface area (Å²) in [5, 5.41) is 14.2. The fourth-order valence-electron chi connectivity index (χ4n) is 1.46. The summed E-state index contributed by atoms with van der Waals surface area (Å²) in [6.45, 7) is 6.05. The van der Waals surface area contributed by atoms with Gasteiger partial charge in [0.15, 0.2) is 0 Å². The maximum absolute atomic E-state index is 11.5. The highest BCUT2D eigenvalue weighted by Crippen LogP contribution is 2.09. The van der Waals surface area contributed by atoms with Gasteiger partial charge in [-0.25, -0.2) is 4.79 Å². The molecule has 0 aliphatic carbocycles. The van der Waals surface area contributed by atoms with Crippen LogP contribution >= 0.6 is 0 Å². The number of carboxylic acids is 1. The smallest absolute Gasteiger partial charge is 0.314 e. The van der Waals surface area contributed by atoms with Gasteiger partial charge in [-0.2, -0.15) is 0 Å². The molecule has 0 aromatic carbocycles. The van der Waals surface area contributed by atoms with Crippen LogP contribution in [0, 0.1) is 11.8 Å². The average molecular weight is 289 g/mol. The van der Waals surface area contributed by atoms with E-state index in [1.54, 1.807) is 0 Å². The fourth-order valence-corrected chi connectivity index (χ4v) is 1.46.